The van der Waals surface area contributed by atoms with Gasteiger partial charge in [0.15, 0.2) is 11.0 Å². The van der Waals surface area contributed by atoms with Crippen molar-refractivity contribution in [2.45, 2.75) is 11.4 Å². The first kappa shape index (κ1) is 15.2. The van der Waals surface area contributed by atoms with E-state index in [1.165, 1.54) is 0 Å². The van der Waals surface area contributed by atoms with Crippen LogP contribution in [-0.2, 0) is 17.5 Å². The normalized spacial score (nSPS) is 14.0. The highest BCUT2D eigenvalue weighted by Gasteiger charge is 2.28. The molecule has 0 spiro atoms. The Bertz CT molecular complexity index is 919. The zero-order valence-electron chi connectivity index (χ0n) is 13.1. The van der Waals surface area contributed by atoms with Crippen LogP contribution in [-0.4, -0.2) is 11.3 Å². The predicted octanol–water partition coefficient (Wildman–Crippen LogP) is 4.05. The van der Waals surface area contributed by atoms with Crippen molar-refractivity contribution < 1.29 is 8.95 Å². The maximum atomic E-state index is 13.1. The minimum atomic E-state index is -1.29. The van der Waals surface area contributed by atoms with Gasteiger partial charge in [0.1, 0.15) is 5.75 Å². The molecule has 2 N–H and O–H groups in total. The van der Waals surface area contributed by atoms with Crippen molar-refractivity contribution in [3.63, 3.8) is 0 Å². The Kier molecular flexibility index (Phi) is 3.78. The number of nitrogens with zero attached hydrogens (tertiary/aromatic N) is 1. The number of nitrogen functional groups attached to an aromatic ring is 1. The van der Waals surface area contributed by atoms with Gasteiger partial charge in [-0.15, -0.1) is 11.3 Å². The molecule has 6 heteroatoms. The van der Waals surface area contributed by atoms with Crippen molar-refractivity contribution in [3.05, 3.63) is 59.5 Å². The summed E-state index contributed by atoms with van der Waals surface area (Å²) in [7, 11) is 0.330. The Morgan fingerprint density at radius 2 is 1.96 bits per heavy atom. The summed E-state index contributed by atoms with van der Waals surface area (Å²) in [6.45, 7) is 0.572. The van der Waals surface area contributed by atoms with Crippen LogP contribution in [0.3, 0.4) is 0 Å². The van der Waals surface area contributed by atoms with Gasteiger partial charge in [-0.1, -0.05) is 12.1 Å². The molecule has 2 heterocycles. The molecule has 0 saturated carbocycles. The van der Waals surface area contributed by atoms with Crippen LogP contribution in [0.15, 0.2) is 58.8 Å². The molecule has 4 rings (SSSR count). The third-order valence-electron chi connectivity index (χ3n) is 4.10. The van der Waals surface area contributed by atoms with Gasteiger partial charge in [-0.2, -0.15) is 0 Å². The van der Waals surface area contributed by atoms with Crippen LogP contribution >= 0.6 is 11.3 Å². The summed E-state index contributed by atoms with van der Waals surface area (Å²) in [5.41, 5.74) is 10.1. The summed E-state index contributed by atoms with van der Waals surface area (Å²) >= 11 is 1.63. The van der Waals surface area contributed by atoms with E-state index in [-0.39, 0.29) is 0 Å². The lowest BCUT2D eigenvalue weighted by molar-refractivity contribution is 0.414. The van der Waals surface area contributed by atoms with E-state index >= 15 is 0 Å². The van der Waals surface area contributed by atoms with E-state index < -0.39 is 11.0 Å². The van der Waals surface area contributed by atoms with Gasteiger partial charge in [-0.25, -0.2) is 4.21 Å². The summed E-state index contributed by atoms with van der Waals surface area (Å²) in [5.74, 6) is 0.753. The molecular formula is C18H16N2O2S2. The molecule has 0 bridgehead atoms. The minimum absolute atomic E-state index is 0.572. The number of benzene rings is 2. The number of hydrogen-bond donors (Lipinski definition) is 1. The fourth-order valence-corrected chi connectivity index (χ4v) is 5.19. The fourth-order valence-electron chi connectivity index (χ4n) is 2.92. The Hall–Kier alpha value is -2.31. The average molecular weight is 356 g/mol. The van der Waals surface area contributed by atoms with Crippen molar-refractivity contribution in [1.82, 2.24) is 0 Å². The minimum Gasteiger partial charge on any atom is -0.497 e. The van der Waals surface area contributed by atoms with Crippen LogP contribution in [0.25, 0.3) is 10.4 Å². The summed E-state index contributed by atoms with van der Waals surface area (Å²) in [5, 5.41) is 2.02. The number of nitrogens with two attached hydrogens (primary N) is 1. The molecule has 24 heavy (non-hydrogen) atoms. The standard InChI is InChI=1S/C18H16N2O2S2/c1-22-13-5-7-14(8-6-13)24(21)20-11-12-3-2-4-15(19)17(12)18-16(20)9-10-23-18/h2-10H,11,19H2,1H3. The van der Waals surface area contributed by atoms with Gasteiger partial charge in [0.25, 0.3) is 0 Å². The van der Waals surface area contributed by atoms with Crippen LogP contribution < -0.4 is 14.8 Å². The molecule has 2 aromatic carbocycles. The van der Waals surface area contributed by atoms with Crippen LogP contribution in [0, 0.1) is 0 Å². The third kappa shape index (κ3) is 2.39. The van der Waals surface area contributed by atoms with Crippen molar-refractivity contribution in [3.8, 4) is 16.2 Å². The number of ether oxygens (including phenoxy) is 1. The predicted molar refractivity (Wildman–Crippen MR) is 99.8 cm³/mol. The largest absolute Gasteiger partial charge is 0.497 e. The van der Waals surface area contributed by atoms with Crippen molar-refractivity contribution in [1.29, 1.82) is 0 Å². The number of thiophene rings is 1. The van der Waals surface area contributed by atoms with E-state index in [1.807, 2.05) is 58.2 Å². The molecule has 1 aromatic heterocycles. The maximum absolute atomic E-state index is 13.1. The van der Waals surface area contributed by atoms with E-state index in [1.54, 1.807) is 18.4 Å². The zero-order valence-corrected chi connectivity index (χ0v) is 14.7. The summed E-state index contributed by atoms with van der Waals surface area (Å²) in [4.78, 5) is 1.83. The Balaban J connectivity index is 1.76. The number of hydrogen-bond acceptors (Lipinski definition) is 4. The van der Waals surface area contributed by atoms with E-state index in [2.05, 4.69) is 0 Å². The topological polar surface area (TPSA) is 55.6 Å². The molecule has 1 aliphatic rings. The molecule has 3 aromatic rings. The molecule has 0 aliphatic carbocycles. The molecule has 1 aliphatic heterocycles. The molecule has 0 fully saturated rings. The van der Waals surface area contributed by atoms with Gasteiger partial charge in [-0.3, -0.25) is 4.31 Å². The van der Waals surface area contributed by atoms with Gasteiger partial charge < -0.3 is 10.5 Å². The van der Waals surface area contributed by atoms with E-state index in [0.717, 1.165) is 38.0 Å². The molecule has 1 unspecified atom stereocenters. The van der Waals surface area contributed by atoms with Crippen LogP contribution in [0.4, 0.5) is 11.4 Å². The molecule has 4 nitrogen and oxygen atoms in total. The fraction of sp³-hybridized carbons (Fsp3) is 0.111. The van der Waals surface area contributed by atoms with Gasteiger partial charge in [0, 0.05) is 11.3 Å². The van der Waals surface area contributed by atoms with Crippen LogP contribution in [0.2, 0.25) is 0 Å². The Morgan fingerprint density at radius 1 is 1.17 bits per heavy atom. The van der Waals surface area contributed by atoms with Gasteiger partial charge in [0.05, 0.1) is 29.1 Å². The summed E-state index contributed by atoms with van der Waals surface area (Å²) in [6, 6.07) is 15.3. The molecule has 0 radical (unpaired) electrons. The van der Waals surface area contributed by atoms with Crippen LogP contribution in [0.5, 0.6) is 5.75 Å². The first-order valence-electron chi connectivity index (χ1n) is 7.48. The number of rotatable bonds is 3. The molecule has 0 saturated heterocycles. The smallest absolute Gasteiger partial charge is 0.153 e. The quantitative estimate of drug-likeness (QED) is 0.720. The Labute approximate surface area is 147 Å². The summed E-state index contributed by atoms with van der Waals surface area (Å²) in [6.07, 6.45) is 0. The third-order valence-corrected chi connectivity index (χ3v) is 6.42. The lowest BCUT2D eigenvalue weighted by Gasteiger charge is -2.30. The van der Waals surface area contributed by atoms with E-state index in [0.29, 0.717) is 6.54 Å². The zero-order chi connectivity index (χ0) is 16.7. The van der Waals surface area contributed by atoms with Gasteiger partial charge in [0.2, 0.25) is 0 Å². The number of anilines is 2. The highest BCUT2D eigenvalue weighted by molar-refractivity contribution is 7.86. The van der Waals surface area contributed by atoms with Gasteiger partial charge >= 0.3 is 0 Å². The van der Waals surface area contributed by atoms with Gasteiger partial charge in [-0.05, 0) is 47.3 Å². The molecule has 1 atom stereocenters. The van der Waals surface area contributed by atoms with E-state index in [4.69, 9.17) is 10.5 Å². The first-order chi connectivity index (χ1) is 11.7. The number of methoxy groups -OCH3 is 1. The second kappa shape index (κ2) is 5.96. The monoisotopic (exact) mass is 356 g/mol. The van der Waals surface area contributed by atoms with Crippen molar-refractivity contribution >= 4 is 33.7 Å². The average Bonchev–Trinajstić information content (AvgIpc) is 3.10. The second-order valence-electron chi connectivity index (χ2n) is 5.48. The van der Waals surface area contributed by atoms with Crippen LogP contribution in [0.1, 0.15) is 5.56 Å². The Morgan fingerprint density at radius 3 is 2.71 bits per heavy atom. The summed E-state index contributed by atoms with van der Waals surface area (Å²) < 4.78 is 20.2. The SMILES string of the molecule is COc1ccc(S(=O)N2Cc3cccc(N)c3-c3sccc32)cc1. The van der Waals surface area contributed by atoms with Crippen molar-refractivity contribution in [2.24, 2.45) is 0 Å². The lowest BCUT2D eigenvalue weighted by atomic mass is 10.00. The number of fused-ring (bicyclic) bond motifs is 3. The first-order valence-corrected chi connectivity index (χ1v) is 9.46. The highest BCUT2D eigenvalue weighted by Crippen LogP contribution is 2.46. The lowest BCUT2D eigenvalue weighted by Crippen LogP contribution is -2.28. The maximum Gasteiger partial charge on any atom is 0.153 e. The molecular weight excluding hydrogens is 340 g/mol. The highest BCUT2D eigenvalue weighted by atomic mass is 32.2. The second-order valence-corrected chi connectivity index (χ2v) is 7.80. The molecule has 122 valence electrons. The van der Waals surface area contributed by atoms with E-state index in [9.17, 15) is 4.21 Å². The molecule has 0 amide bonds. The van der Waals surface area contributed by atoms with Crippen molar-refractivity contribution in [2.75, 3.05) is 17.1 Å².